The van der Waals surface area contributed by atoms with Gasteiger partial charge in [-0.3, -0.25) is 10.5 Å². The molecule has 2 unspecified atom stereocenters. The summed E-state index contributed by atoms with van der Waals surface area (Å²) in [4.78, 5) is 9.14. The van der Waals surface area contributed by atoms with E-state index >= 15 is 0 Å². The zero-order chi connectivity index (χ0) is 12.4. The molecule has 0 aromatic carbocycles. The minimum Gasteiger partial charge on any atom is -0.251 e. The van der Waals surface area contributed by atoms with E-state index in [9.17, 15) is 0 Å². The SMILES string of the molecule is CC(C)(OO)C1CCCC(C(C)(C)OO)C1. The molecule has 0 bridgehead atoms. The van der Waals surface area contributed by atoms with Crippen LogP contribution in [0.3, 0.4) is 0 Å². The average Bonchev–Trinajstić information content (AvgIpc) is 2.29. The van der Waals surface area contributed by atoms with Gasteiger partial charge in [-0.15, -0.1) is 0 Å². The van der Waals surface area contributed by atoms with Crippen molar-refractivity contribution in [3.8, 4) is 0 Å². The van der Waals surface area contributed by atoms with E-state index in [1.165, 1.54) is 0 Å². The second kappa shape index (κ2) is 5.00. The normalized spacial score (nSPS) is 28.1. The van der Waals surface area contributed by atoms with E-state index < -0.39 is 11.2 Å². The van der Waals surface area contributed by atoms with E-state index in [1.54, 1.807) is 0 Å². The summed E-state index contributed by atoms with van der Waals surface area (Å²) < 4.78 is 0. The Morgan fingerprint density at radius 1 is 0.875 bits per heavy atom. The first kappa shape index (κ1) is 13.9. The Morgan fingerprint density at radius 2 is 1.25 bits per heavy atom. The van der Waals surface area contributed by atoms with Gasteiger partial charge in [0, 0.05) is 0 Å². The molecular formula is C12H24O4. The molecule has 2 N–H and O–H groups in total. The summed E-state index contributed by atoms with van der Waals surface area (Å²) in [6, 6.07) is 0. The highest BCUT2D eigenvalue weighted by Crippen LogP contribution is 2.42. The van der Waals surface area contributed by atoms with Crippen LogP contribution in [0, 0.1) is 11.8 Å². The summed E-state index contributed by atoms with van der Waals surface area (Å²) in [5.41, 5.74) is -1.05. The minimum atomic E-state index is -0.524. The van der Waals surface area contributed by atoms with Crippen LogP contribution < -0.4 is 0 Å². The average molecular weight is 232 g/mol. The number of hydrogen-bond acceptors (Lipinski definition) is 4. The van der Waals surface area contributed by atoms with Gasteiger partial charge in [0.05, 0.1) is 0 Å². The van der Waals surface area contributed by atoms with Gasteiger partial charge in [0.25, 0.3) is 0 Å². The summed E-state index contributed by atoms with van der Waals surface area (Å²) in [7, 11) is 0. The van der Waals surface area contributed by atoms with Crippen LogP contribution in [-0.2, 0) is 9.78 Å². The second-order valence-corrected chi connectivity index (χ2v) is 5.95. The van der Waals surface area contributed by atoms with Crippen molar-refractivity contribution in [2.45, 2.75) is 64.6 Å². The van der Waals surface area contributed by atoms with Crippen molar-refractivity contribution in [1.82, 2.24) is 0 Å². The van der Waals surface area contributed by atoms with Crippen molar-refractivity contribution in [1.29, 1.82) is 0 Å². The van der Waals surface area contributed by atoms with Crippen LogP contribution >= 0.6 is 0 Å². The molecule has 0 saturated heterocycles. The molecule has 0 aromatic rings. The number of rotatable bonds is 4. The molecule has 1 aliphatic carbocycles. The van der Waals surface area contributed by atoms with E-state index in [0.29, 0.717) is 11.8 Å². The molecule has 4 nitrogen and oxygen atoms in total. The lowest BCUT2D eigenvalue weighted by Gasteiger charge is -2.42. The quantitative estimate of drug-likeness (QED) is 0.576. The fraction of sp³-hybridized carbons (Fsp3) is 1.00. The van der Waals surface area contributed by atoms with Gasteiger partial charge in [-0.25, -0.2) is 9.78 Å². The highest BCUT2D eigenvalue weighted by atomic mass is 17.1. The van der Waals surface area contributed by atoms with E-state index in [2.05, 4.69) is 9.78 Å². The van der Waals surface area contributed by atoms with Gasteiger partial charge in [0.15, 0.2) is 0 Å². The van der Waals surface area contributed by atoms with Crippen LogP contribution in [0.2, 0.25) is 0 Å². The van der Waals surface area contributed by atoms with Crippen LogP contribution in [0.4, 0.5) is 0 Å². The molecule has 0 aromatic heterocycles. The molecule has 16 heavy (non-hydrogen) atoms. The maximum atomic E-state index is 8.91. The van der Waals surface area contributed by atoms with Gasteiger partial charge in [-0.1, -0.05) is 6.42 Å². The van der Waals surface area contributed by atoms with E-state index in [0.717, 1.165) is 25.7 Å². The van der Waals surface area contributed by atoms with Crippen molar-refractivity contribution in [3.05, 3.63) is 0 Å². The Morgan fingerprint density at radius 3 is 1.56 bits per heavy atom. The molecule has 0 heterocycles. The Bertz CT molecular complexity index is 203. The third-order valence-electron chi connectivity index (χ3n) is 4.11. The first-order valence-corrected chi connectivity index (χ1v) is 5.98. The lowest BCUT2D eigenvalue weighted by Crippen LogP contribution is -2.43. The Labute approximate surface area is 97.4 Å². The third kappa shape index (κ3) is 2.94. The molecular weight excluding hydrogens is 208 g/mol. The van der Waals surface area contributed by atoms with Crippen molar-refractivity contribution in [3.63, 3.8) is 0 Å². The van der Waals surface area contributed by atoms with Crippen LogP contribution in [0.1, 0.15) is 53.4 Å². The number of hydrogen-bond donors (Lipinski definition) is 2. The van der Waals surface area contributed by atoms with Crippen LogP contribution in [0.25, 0.3) is 0 Å². The Hall–Kier alpha value is -0.160. The maximum Gasteiger partial charge on any atom is 0.101 e. The van der Waals surface area contributed by atoms with Crippen molar-refractivity contribution in [2.75, 3.05) is 0 Å². The second-order valence-electron chi connectivity index (χ2n) is 5.95. The van der Waals surface area contributed by atoms with Crippen molar-refractivity contribution in [2.24, 2.45) is 11.8 Å². The lowest BCUT2D eigenvalue weighted by molar-refractivity contribution is -0.343. The maximum absolute atomic E-state index is 8.91. The highest BCUT2D eigenvalue weighted by Gasteiger charge is 2.41. The highest BCUT2D eigenvalue weighted by molar-refractivity contribution is 4.90. The van der Waals surface area contributed by atoms with Gasteiger partial charge >= 0.3 is 0 Å². The predicted octanol–water partition coefficient (Wildman–Crippen LogP) is 3.33. The van der Waals surface area contributed by atoms with Gasteiger partial charge in [-0.2, -0.15) is 0 Å². The van der Waals surface area contributed by atoms with E-state index in [-0.39, 0.29) is 0 Å². The first-order valence-electron chi connectivity index (χ1n) is 5.98. The predicted molar refractivity (Wildman–Crippen MR) is 61.0 cm³/mol. The molecule has 0 spiro atoms. The van der Waals surface area contributed by atoms with E-state index in [1.807, 2.05) is 27.7 Å². The zero-order valence-corrected chi connectivity index (χ0v) is 10.7. The van der Waals surface area contributed by atoms with Crippen molar-refractivity contribution >= 4 is 0 Å². The molecule has 1 aliphatic rings. The fourth-order valence-electron chi connectivity index (χ4n) is 2.60. The van der Waals surface area contributed by atoms with Crippen LogP contribution in [0.5, 0.6) is 0 Å². The lowest BCUT2D eigenvalue weighted by atomic mass is 9.69. The van der Waals surface area contributed by atoms with E-state index in [4.69, 9.17) is 10.5 Å². The fourth-order valence-corrected chi connectivity index (χ4v) is 2.60. The molecule has 4 heteroatoms. The van der Waals surface area contributed by atoms with Crippen molar-refractivity contribution < 1.29 is 20.3 Å². The smallest absolute Gasteiger partial charge is 0.101 e. The van der Waals surface area contributed by atoms with Crippen LogP contribution in [-0.4, -0.2) is 21.7 Å². The molecule has 1 fully saturated rings. The summed E-state index contributed by atoms with van der Waals surface area (Å²) in [5.74, 6) is 0.594. The monoisotopic (exact) mass is 232 g/mol. The standard InChI is InChI=1S/C12H24O4/c1-11(2,15-13)9-6-5-7-10(8-9)12(3,4)16-14/h9-10,13-14H,5-8H2,1-4H3. The van der Waals surface area contributed by atoms with Gasteiger partial charge in [0.2, 0.25) is 0 Å². The third-order valence-corrected chi connectivity index (χ3v) is 4.11. The molecule has 96 valence electrons. The molecule has 1 rings (SSSR count). The van der Waals surface area contributed by atoms with Crippen LogP contribution in [0.15, 0.2) is 0 Å². The molecule has 1 saturated carbocycles. The Balaban J connectivity index is 2.67. The van der Waals surface area contributed by atoms with Gasteiger partial charge in [0.1, 0.15) is 11.2 Å². The first-order chi connectivity index (χ1) is 7.33. The largest absolute Gasteiger partial charge is 0.251 e. The summed E-state index contributed by atoms with van der Waals surface area (Å²) in [6.07, 6.45) is 4.08. The summed E-state index contributed by atoms with van der Waals surface area (Å²) in [5, 5.41) is 17.8. The Kier molecular flexibility index (Phi) is 4.35. The molecule has 0 amide bonds. The topological polar surface area (TPSA) is 58.9 Å². The molecule has 0 aliphatic heterocycles. The minimum absolute atomic E-state index is 0.297. The summed E-state index contributed by atoms with van der Waals surface area (Å²) in [6.45, 7) is 7.58. The molecule has 2 atom stereocenters. The van der Waals surface area contributed by atoms with Gasteiger partial charge < -0.3 is 0 Å². The van der Waals surface area contributed by atoms with Gasteiger partial charge in [-0.05, 0) is 58.8 Å². The zero-order valence-electron chi connectivity index (χ0n) is 10.7. The summed E-state index contributed by atoms with van der Waals surface area (Å²) >= 11 is 0. The molecule has 0 radical (unpaired) electrons.